The summed E-state index contributed by atoms with van der Waals surface area (Å²) in [6.45, 7) is 3.77. The lowest BCUT2D eigenvalue weighted by Gasteiger charge is -2.27. The second-order valence-electron chi connectivity index (χ2n) is 3.73. The van der Waals surface area contributed by atoms with Gasteiger partial charge >= 0.3 is 0 Å². The molecule has 0 aromatic carbocycles. The molecule has 0 aliphatic carbocycles. The van der Waals surface area contributed by atoms with Crippen LogP contribution in [-0.2, 0) is 11.3 Å². The van der Waals surface area contributed by atoms with Gasteiger partial charge in [-0.15, -0.1) is 24.8 Å². The summed E-state index contributed by atoms with van der Waals surface area (Å²) in [4.78, 5) is 0. The van der Waals surface area contributed by atoms with Gasteiger partial charge in [0.05, 0.1) is 6.20 Å². The lowest BCUT2D eigenvalue weighted by molar-refractivity contribution is 0.0000955. The molecule has 0 unspecified atom stereocenters. The number of halogens is 2. The molecule has 2 heterocycles. The first kappa shape index (κ1) is 15.7. The number of nitrogens with zero attached hydrogens (tertiary/aromatic N) is 2. The Morgan fingerprint density at radius 3 is 2.88 bits per heavy atom. The summed E-state index contributed by atoms with van der Waals surface area (Å²) in [7, 11) is 0. The van der Waals surface area contributed by atoms with Crippen molar-refractivity contribution in [2.45, 2.75) is 38.5 Å². The second-order valence-corrected chi connectivity index (χ2v) is 3.73. The van der Waals surface area contributed by atoms with E-state index in [-0.39, 0.29) is 37.0 Å². The first-order valence-corrected chi connectivity index (χ1v) is 5.21. The third kappa shape index (κ3) is 3.35. The Hall–Kier alpha value is -0.290. The molecule has 2 rings (SSSR count). The molecule has 1 fully saturated rings. The van der Waals surface area contributed by atoms with Crippen LogP contribution >= 0.6 is 24.8 Å². The number of aryl methyl sites for hydroxylation is 1. The Morgan fingerprint density at radius 2 is 2.31 bits per heavy atom. The minimum absolute atomic E-state index is 0. The molecular formula is C10H19Cl2N3O. The van der Waals surface area contributed by atoms with Crippen molar-refractivity contribution in [3.05, 3.63) is 18.0 Å². The van der Waals surface area contributed by atoms with E-state index in [2.05, 4.69) is 12.0 Å². The Kier molecular flexibility index (Phi) is 6.99. The zero-order valence-corrected chi connectivity index (χ0v) is 11.0. The monoisotopic (exact) mass is 267 g/mol. The van der Waals surface area contributed by atoms with E-state index in [0.717, 1.165) is 31.6 Å². The predicted octanol–water partition coefficient (Wildman–Crippen LogP) is 1.93. The summed E-state index contributed by atoms with van der Waals surface area (Å²) in [5.41, 5.74) is 7.11. The zero-order valence-electron chi connectivity index (χ0n) is 9.33. The van der Waals surface area contributed by atoms with Crippen molar-refractivity contribution in [1.29, 1.82) is 0 Å². The Bertz CT molecular complexity index is 306. The summed E-state index contributed by atoms with van der Waals surface area (Å²) in [5.74, 6) is 0. The highest BCUT2D eigenvalue weighted by molar-refractivity contribution is 5.85. The summed E-state index contributed by atoms with van der Waals surface area (Å²) in [5, 5.41) is 4.23. The molecule has 0 amide bonds. The van der Waals surface area contributed by atoms with E-state index in [1.807, 2.05) is 17.1 Å². The fourth-order valence-corrected chi connectivity index (χ4v) is 1.85. The predicted molar refractivity (Wildman–Crippen MR) is 68.3 cm³/mol. The molecule has 1 aliphatic rings. The Labute approximate surface area is 108 Å². The van der Waals surface area contributed by atoms with Crippen LogP contribution in [0, 0.1) is 0 Å². The standard InChI is InChI=1S/C10H17N3O.2ClH/c1-2-13-7-8(6-12-13)10-9(11)4-3-5-14-10;;/h6-7,9-10H,2-5,11H2,1H3;2*1H/t9-,10-;;/m0../s1. The number of ether oxygens (including phenoxy) is 1. The van der Waals surface area contributed by atoms with Crippen molar-refractivity contribution in [1.82, 2.24) is 9.78 Å². The molecule has 2 atom stereocenters. The van der Waals surface area contributed by atoms with Gasteiger partial charge in [0.2, 0.25) is 0 Å². The number of hydrogen-bond acceptors (Lipinski definition) is 3. The smallest absolute Gasteiger partial charge is 0.101 e. The van der Waals surface area contributed by atoms with E-state index >= 15 is 0 Å². The average Bonchev–Trinajstić information content (AvgIpc) is 2.67. The molecule has 1 aliphatic heterocycles. The first-order valence-electron chi connectivity index (χ1n) is 5.21. The molecular weight excluding hydrogens is 249 g/mol. The molecule has 0 radical (unpaired) electrons. The van der Waals surface area contributed by atoms with Gasteiger partial charge in [0.15, 0.2) is 0 Å². The van der Waals surface area contributed by atoms with Gasteiger partial charge in [-0.05, 0) is 19.8 Å². The molecule has 0 saturated carbocycles. The van der Waals surface area contributed by atoms with E-state index in [9.17, 15) is 0 Å². The molecule has 1 aromatic rings. The normalized spacial score (nSPS) is 24.4. The quantitative estimate of drug-likeness (QED) is 0.891. The minimum Gasteiger partial charge on any atom is -0.372 e. The molecule has 4 nitrogen and oxygen atoms in total. The van der Waals surface area contributed by atoms with Gasteiger partial charge in [-0.2, -0.15) is 5.10 Å². The molecule has 0 spiro atoms. The van der Waals surface area contributed by atoms with Crippen LogP contribution in [0.1, 0.15) is 31.4 Å². The van der Waals surface area contributed by atoms with Crippen LogP contribution in [0.4, 0.5) is 0 Å². The van der Waals surface area contributed by atoms with Gasteiger partial charge in [0.25, 0.3) is 0 Å². The summed E-state index contributed by atoms with van der Waals surface area (Å²) >= 11 is 0. The van der Waals surface area contributed by atoms with Crippen molar-refractivity contribution in [3.63, 3.8) is 0 Å². The average molecular weight is 268 g/mol. The maximum absolute atomic E-state index is 6.00. The van der Waals surface area contributed by atoms with Crippen LogP contribution in [0.2, 0.25) is 0 Å². The zero-order chi connectivity index (χ0) is 9.97. The maximum atomic E-state index is 6.00. The number of rotatable bonds is 2. The van der Waals surface area contributed by atoms with Crippen molar-refractivity contribution < 1.29 is 4.74 Å². The topological polar surface area (TPSA) is 53.1 Å². The summed E-state index contributed by atoms with van der Waals surface area (Å²) in [6, 6.07) is 0.123. The summed E-state index contributed by atoms with van der Waals surface area (Å²) in [6.07, 6.45) is 6.04. The van der Waals surface area contributed by atoms with Crippen molar-refractivity contribution in [3.8, 4) is 0 Å². The van der Waals surface area contributed by atoms with Crippen LogP contribution in [0.25, 0.3) is 0 Å². The highest BCUT2D eigenvalue weighted by Crippen LogP contribution is 2.26. The molecule has 0 bridgehead atoms. The molecule has 2 N–H and O–H groups in total. The van der Waals surface area contributed by atoms with Crippen LogP contribution in [-0.4, -0.2) is 22.4 Å². The van der Waals surface area contributed by atoms with Gasteiger partial charge in [0, 0.05) is 31.0 Å². The van der Waals surface area contributed by atoms with Gasteiger partial charge < -0.3 is 10.5 Å². The lowest BCUT2D eigenvalue weighted by Crippen LogP contribution is -2.34. The van der Waals surface area contributed by atoms with E-state index < -0.39 is 0 Å². The minimum atomic E-state index is 0. The van der Waals surface area contributed by atoms with Crippen LogP contribution in [0.15, 0.2) is 12.4 Å². The van der Waals surface area contributed by atoms with Gasteiger partial charge in [0.1, 0.15) is 6.10 Å². The highest BCUT2D eigenvalue weighted by atomic mass is 35.5. The fourth-order valence-electron chi connectivity index (χ4n) is 1.85. The molecule has 94 valence electrons. The van der Waals surface area contributed by atoms with E-state index in [1.165, 1.54) is 0 Å². The number of nitrogens with two attached hydrogens (primary N) is 1. The maximum Gasteiger partial charge on any atom is 0.101 e. The molecule has 1 saturated heterocycles. The van der Waals surface area contributed by atoms with E-state index in [4.69, 9.17) is 10.5 Å². The third-order valence-electron chi connectivity index (χ3n) is 2.67. The van der Waals surface area contributed by atoms with Gasteiger partial charge in [-0.3, -0.25) is 4.68 Å². The van der Waals surface area contributed by atoms with Crippen molar-refractivity contribution in [2.75, 3.05) is 6.61 Å². The van der Waals surface area contributed by atoms with Crippen LogP contribution in [0.3, 0.4) is 0 Å². The molecule has 1 aromatic heterocycles. The van der Waals surface area contributed by atoms with E-state index in [0.29, 0.717) is 0 Å². The largest absolute Gasteiger partial charge is 0.372 e. The van der Waals surface area contributed by atoms with Gasteiger partial charge in [-0.25, -0.2) is 0 Å². The van der Waals surface area contributed by atoms with Gasteiger partial charge in [-0.1, -0.05) is 0 Å². The van der Waals surface area contributed by atoms with Crippen molar-refractivity contribution >= 4 is 24.8 Å². The van der Waals surface area contributed by atoms with Crippen LogP contribution < -0.4 is 5.73 Å². The molecule has 16 heavy (non-hydrogen) atoms. The molecule has 6 heteroatoms. The highest BCUT2D eigenvalue weighted by Gasteiger charge is 2.25. The first-order chi connectivity index (χ1) is 6.81. The Balaban J connectivity index is 0.00000112. The number of hydrogen-bond donors (Lipinski definition) is 1. The van der Waals surface area contributed by atoms with E-state index in [1.54, 1.807) is 0 Å². The third-order valence-corrected chi connectivity index (χ3v) is 2.67. The Morgan fingerprint density at radius 1 is 1.56 bits per heavy atom. The SMILES string of the molecule is CCn1cc([C@@H]2OCCC[C@@H]2N)cn1.Cl.Cl. The fraction of sp³-hybridized carbons (Fsp3) is 0.700. The lowest BCUT2D eigenvalue weighted by atomic mass is 9.99. The van der Waals surface area contributed by atoms with Crippen molar-refractivity contribution in [2.24, 2.45) is 5.73 Å². The summed E-state index contributed by atoms with van der Waals surface area (Å²) < 4.78 is 7.56. The van der Waals surface area contributed by atoms with Crippen LogP contribution in [0.5, 0.6) is 0 Å². The second kappa shape index (κ2) is 7.12. The number of aromatic nitrogens is 2.